The summed E-state index contributed by atoms with van der Waals surface area (Å²) in [6, 6.07) is 3.59. The van der Waals surface area contributed by atoms with Crippen molar-refractivity contribution in [3.63, 3.8) is 0 Å². The number of carboxylic acids is 1. The minimum absolute atomic E-state index is 0.143. The lowest BCUT2D eigenvalue weighted by molar-refractivity contribution is -0.137. The molecule has 0 fully saturated rings. The van der Waals surface area contributed by atoms with Crippen molar-refractivity contribution in [3.05, 3.63) is 58.4 Å². The zero-order valence-corrected chi connectivity index (χ0v) is 14.6. The molecule has 0 aliphatic carbocycles. The van der Waals surface area contributed by atoms with Crippen molar-refractivity contribution in [1.29, 1.82) is 0 Å². The molecule has 27 heavy (non-hydrogen) atoms. The number of nitrogens with two attached hydrogens (primary N) is 1. The van der Waals surface area contributed by atoms with Crippen LogP contribution >= 0.6 is 0 Å². The predicted octanol–water partition coefficient (Wildman–Crippen LogP) is 3.26. The monoisotopic (exact) mass is 385 g/mol. The van der Waals surface area contributed by atoms with E-state index in [4.69, 9.17) is 5.73 Å². The highest BCUT2D eigenvalue weighted by Crippen LogP contribution is 2.33. The molecule has 0 amide bonds. The number of fused-ring (bicyclic) bond motifs is 1. The molecular formula is C18H19F4N3O2. The number of hydrogen-bond acceptors (Lipinski definition) is 3. The number of halogens is 4. The second-order valence-electron chi connectivity index (χ2n) is 6.12. The van der Waals surface area contributed by atoms with Crippen molar-refractivity contribution in [1.82, 2.24) is 4.90 Å². The minimum Gasteiger partial charge on any atom is -0.477 e. The van der Waals surface area contributed by atoms with Crippen molar-refractivity contribution < 1.29 is 27.5 Å². The lowest BCUT2D eigenvalue weighted by Gasteiger charge is -2.33. The second kappa shape index (κ2) is 7.81. The van der Waals surface area contributed by atoms with Crippen LogP contribution in [0.25, 0.3) is 0 Å². The van der Waals surface area contributed by atoms with Gasteiger partial charge < -0.3 is 15.7 Å². The van der Waals surface area contributed by atoms with Gasteiger partial charge in [-0.05, 0) is 36.6 Å². The topological polar surface area (TPSA) is 78.9 Å². The number of aliphatic imine (C=N–C) groups is 1. The molecule has 0 saturated carbocycles. The Hall–Kier alpha value is -2.84. The van der Waals surface area contributed by atoms with E-state index in [1.165, 1.54) is 13.0 Å². The SMILES string of the molecule is C=C(/C(C)=C(\N=C(/N)CF)C(=O)O)N1CCc2ccc(C(F)(F)F)cc2C1. The van der Waals surface area contributed by atoms with Crippen LogP contribution in [-0.4, -0.2) is 35.0 Å². The van der Waals surface area contributed by atoms with Crippen LogP contribution in [0.4, 0.5) is 17.6 Å². The van der Waals surface area contributed by atoms with Crippen molar-refractivity contribution in [3.8, 4) is 0 Å². The molecule has 1 heterocycles. The van der Waals surface area contributed by atoms with Crippen LogP contribution in [-0.2, 0) is 23.9 Å². The van der Waals surface area contributed by atoms with Gasteiger partial charge in [-0.2, -0.15) is 13.2 Å². The molecule has 1 aromatic carbocycles. The highest BCUT2D eigenvalue weighted by Gasteiger charge is 2.32. The minimum atomic E-state index is -4.45. The van der Waals surface area contributed by atoms with Gasteiger partial charge in [-0.1, -0.05) is 12.6 Å². The Kier molecular flexibility index (Phi) is 5.92. The molecule has 1 aliphatic heterocycles. The second-order valence-corrected chi connectivity index (χ2v) is 6.12. The van der Waals surface area contributed by atoms with Gasteiger partial charge in [0.15, 0.2) is 5.70 Å². The van der Waals surface area contributed by atoms with E-state index in [0.717, 1.165) is 17.7 Å². The maximum Gasteiger partial charge on any atom is 0.416 e. The van der Waals surface area contributed by atoms with E-state index >= 15 is 0 Å². The zero-order valence-electron chi connectivity index (χ0n) is 14.6. The summed E-state index contributed by atoms with van der Waals surface area (Å²) in [6.45, 7) is 4.77. The lowest BCUT2D eigenvalue weighted by atomic mass is 9.96. The third kappa shape index (κ3) is 4.66. The first-order valence-corrected chi connectivity index (χ1v) is 8.01. The Balaban J connectivity index is 2.33. The van der Waals surface area contributed by atoms with Gasteiger partial charge in [0.1, 0.15) is 12.5 Å². The fourth-order valence-corrected chi connectivity index (χ4v) is 2.80. The van der Waals surface area contributed by atoms with Crippen LogP contribution in [0.3, 0.4) is 0 Å². The van der Waals surface area contributed by atoms with Crippen LogP contribution < -0.4 is 5.73 Å². The van der Waals surface area contributed by atoms with E-state index in [1.54, 1.807) is 4.90 Å². The maximum atomic E-state index is 12.9. The van der Waals surface area contributed by atoms with Crippen LogP contribution in [0.5, 0.6) is 0 Å². The largest absolute Gasteiger partial charge is 0.477 e. The van der Waals surface area contributed by atoms with Gasteiger partial charge in [-0.3, -0.25) is 0 Å². The molecule has 3 N–H and O–H groups in total. The average Bonchev–Trinajstić information content (AvgIpc) is 2.62. The molecule has 5 nitrogen and oxygen atoms in total. The first-order chi connectivity index (χ1) is 12.5. The normalized spacial score (nSPS) is 15.9. The Bertz CT molecular complexity index is 828. The first-order valence-electron chi connectivity index (χ1n) is 8.01. The summed E-state index contributed by atoms with van der Waals surface area (Å²) in [7, 11) is 0. The molecule has 0 spiro atoms. The number of carbonyl (C=O) groups is 1. The molecule has 0 bridgehead atoms. The summed E-state index contributed by atoms with van der Waals surface area (Å²) in [6.07, 6.45) is -3.96. The van der Waals surface area contributed by atoms with E-state index in [1.807, 2.05) is 0 Å². The third-order valence-corrected chi connectivity index (χ3v) is 4.31. The fraction of sp³-hybridized carbons (Fsp3) is 0.333. The molecule has 1 aliphatic rings. The van der Waals surface area contributed by atoms with E-state index in [0.29, 0.717) is 18.5 Å². The molecule has 9 heteroatoms. The number of alkyl halides is 4. The number of benzene rings is 1. The molecule has 0 unspecified atom stereocenters. The summed E-state index contributed by atoms with van der Waals surface area (Å²) in [5.41, 5.74) is 5.82. The Morgan fingerprint density at radius 3 is 2.59 bits per heavy atom. The van der Waals surface area contributed by atoms with Gasteiger partial charge in [-0.25, -0.2) is 14.2 Å². The predicted molar refractivity (Wildman–Crippen MR) is 92.6 cm³/mol. The van der Waals surface area contributed by atoms with Gasteiger partial charge in [0.25, 0.3) is 0 Å². The number of allylic oxidation sites excluding steroid dienone is 1. The van der Waals surface area contributed by atoms with Gasteiger partial charge in [0.05, 0.1) is 5.56 Å². The Labute approximate surface area is 153 Å². The number of aliphatic carboxylic acids is 1. The van der Waals surface area contributed by atoms with E-state index in [2.05, 4.69) is 11.6 Å². The van der Waals surface area contributed by atoms with Crippen LogP contribution in [0.15, 0.2) is 46.7 Å². The highest BCUT2D eigenvalue weighted by molar-refractivity contribution is 5.93. The number of amidine groups is 1. The van der Waals surface area contributed by atoms with Crippen molar-refractivity contribution >= 4 is 11.8 Å². The molecular weight excluding hydrogens is 366 g/mol. The molecule has 0 atom stereocenters. The lowest BCUT2D eigenvalue weighted by Crippen LogP contribution is -2.31. The molecule has 1 aromatic rings. The molecule has 0 aromatic heterocycles. The Morgan fingerprint density at radius 2 is 2.04 bits per heavy atom. The molecule has 2 rings (SSSR count). The maximum absolute atomic E-state index is 12.9. The summed E-state index contributed by atoms with van der Waals surface area (Å²) < 4.78 is 51.3. The molecule has 0 saturated heterocycles. The van der Waals surface area contributed by atoms with Gasteiger partial charge >= 0.3 is 12.1 Å². The Morgan fingerprint density at radius 1 is 1.37 bits per heavy atom. The third-order valence-electron chi connectivity index (χ3n) is 4.31. The quantitative estimate of drug-likeness (QED) is 0.268. The fourth-order valence-electron chi connectivity index (χ4n) is 2.80. The van der Waals surface area contributed by atoms with Crippen LogP contribution in [0.1, 0.15) is 23.6 Å². The van der Waals surface area contributed by atoms with E-state index < -0.39 is 35.9 Å². The number of rotatable bonds is 5. The van der Waals surface area contributed by atoms with Gasteiger partial charge in [0.2, 0.25) is 0 Å². The smallest absolute Gasteiger partial charge is 0.416 e. The summed E-state index contributed by atoms with van der Waals surface area (Å²) in [4.78, 5) is 16.6. The van der Waals surface area contributed by atoms with E-state index in [-0.39, 0.29) is 17.8 Å². The first kappa shape index (κ1) is 20.5. The van der Waals surface area contributed by atoms with Gasteiger partial charge in [-0.15, -0.1) is 0 Å². The average molecular weight is 385 g/mol. The van der Waals surface area contributed by atoms with Crippen molar-refractivity contribution in [2.45, 2.75) is 26.1 Å². The molecule has 0 radical (unpaired) electrons. The standard InChI is InChI=1S/C18H19F4N3O2/c1-10(16(17(26)27)24-15(23)8-19)11(2)25-6-5-12-3-4-14(18(20,21)22)7-13(12)9-25/h3-4,7H,2,5-6,8-9H2,1H3,(H2,23,24)(H,26,27)/b16-10-. The highest BCUT2D eigenvalue weighted by atomic mass is 19.4. The summed E-state index contributed by atoms with van der Waals surface area (Å²) in [5, 5.41) is 9.29. The zero-order chi connectivity index (χ0) is 20.4. The van der Waals surface area contributed by atoms with Crippen LogP contribution in [0.2, 0.25) is 0 Å². The summed E-state index contributed by atoms with van der Waals surface area (Å²) in [5.74, 6) is -1.89. The summed E-state index contributed by atoms with van der Waals surface area (Å²) >= 11 is 0. The van der Waals surface area contributed by atoms with Crippen molar-refractivity contribution in [2.75, 3.05) is 13.2 Å². The molecule has 146 valence electrons. The van der Waals surface area contributed by atoms with Crippen molar-refractivity contribution in [2.24, 2.45) is 10.7 Å². The number of carboxylic acid groups (broad SMARTS) is 1. The van der Waals surface area contributed by atoms with E-state index in [9.17, 15) is 27.5 Å². The van der Waals surface area contributed by atoms with Crippen LogP contribution in [0, 0.1) is 0 Å². The van der Waals surface area contributed by atoms with Gasteiger partial charge in [0, 0.05) is 24.4 Å². The number of nitrogens with zero attached hydrogens (tertiary/aromatic N) is 2. The number of hydrogen-bond donors (Lipinski definition) is 2.